The van der Waals surface area contributed by atoms with Crippen molar-refractivity contribution in [1.82, 2.24) is 16.0 Å². The fourth-order valence-electron chi connectivity index (χ4n) is 1.54. The van der Waals surface area contributed by atoms with Gasteiger partial charge in [-0.1, -0.05) is 6.58 Å². The van der Waals surface area contributed by atoms with Crippen LogP contribution >= 0.6 is 0 Å². The first-order valence-electron chi connectivity index (χ1n) is 7.24. The fraction of sp³-hybridized carbons (Fsp3) is 0.571. The Balaban J connectivity index is 4.38. The zero-order valence-corrected chi connectivity index (χ0v) is 13.6. The van der Waals surface area contributed by atoms with Gasteiger partial charge in [-0.25, -0.2) is 0 Å². The van der Waals surface area contributed by atoms with E-state index >= 15 is 0 Å². The smallest absolute Gasteiger partial charge is 0.246 e. The molecule has 0 aliphatic carbocycles. The molecule has 0 saturated heterocycles. The van der Waals surface area contributed by atoms with Gasteiger partial charge in [0.2, 0.25) is 17.7 Å². The molecule has 0 aromatic heterocycles. The second-order valence-corrected chi connectivity index (χ2v) is 5.20. The van der Waals surface area contributed by atoms with Crippen LogP contribution in [0.5, 0.6) is 0 Å². The lowest BCUT2D eigenvalue weighted by molar-refractivity contribution is -0.131. The van der Waals surface area contributed by atoms with Crippen molar-refractivity contribution in [3.63, 3.8) is 0 Å². The maximum Gasteiger partial charge on any atom is 0.246 e. The Morgan fingerprint density at radius 2 is 1.60 bits per heavy atom. The Bertz CT molecular complexity index is 510. The third-order valence-electron chi connectivity index (χ3n) is 3.02. The van der Waals surface area contributed by atoms with Crippen LogP contribution in [-0.4, -0.2) is 88.5 Å². The van der Waals surface area contributed by atoms with E-state index in [1.807, 2.05) is 5.32 Å². The molecule has 7 N–H and O–H groups in total. The van der Waals surface area contributed by atoms with Gasteiger partial charge < -0.3 is 41.2 Å². The molecule has 0 fully saturated rings. The number of aliphatic hydroxyl groups excluding tert-OH is 4. The van der Waals surface area contributed by atoms with Gasteiger partial charge in [0.1, 0.15) is 30.6 Å². The summed E-state index contributed by atoms with van der Waals surface area (Å²) in [7, 11) is 0. The molecule has 25 heavy (non-hydrogen) atoms. The fourth-order valence-corrected chi connectivity index (χ4v) is 1.54. The third kappa shape index (κ3) is 8.35. The molecule has 0 saturated carbocycles. The van der Waals surface area contributed by atoms with E-state index in [4.69, 9.17) is 5.11 Å². The highest BCUT2D eigenvalue weighted by Crippen LogP contribution is 2.03. The largest absolute Gasteiger partial charge is 0.394 e. The van der Waals surface area contributed by atoms with E-state index in [2.05, 4.69) is 17.2 Å². The predicted molar refractivity (Wildman–Crippen MR) is 83.9 cm³/mol. The lowest BCUT2D eigenvalue weighted by Gasteiger charge is -2.26. The van der Waals surface area contributed by atoms with Crippen molar-refractivity contribution in [3.05, 3.63) is 12.2 Å². The van der Waals surface area contributed by atoms with E-state index in [1.165, 1.54) is 6.92 Å². The van der Waals surface area contributed by atoms with E-state index < -0.39 is 55.2 Å². The summed E-state index contributed by atoms with van der Waals surface area (Å²) in [6.45, 7) is 3.03. The molecule has 0 aromatic carbocycles. The Labute approximate surface area is 143 Å². The van der Waals surface area contributed by atoms with Crippen molar-refractivity contribution in [2.75, 3.05) is 19.7 Å². The molecule has 3 amide bonds. The highest BCUT2D eigenvalue weighted by atomic mass is 16.4. The SMILES string of the molecule is C=C(C)C(=O)NCC(=O)NCC(=O)N[C@H](C=O)[C@@H](O)[C@H](O)[C@H](O)CO. The first kappa shape index (κ1) is 22.7. The highest BCUT2D eigenvalue weighted by molar-refractivity contribution is 5.95. The minimum absolute atomic E-state index is 0.130. The second kappa shape index (κ2) is 11.3. The van der Waals surface area contributed by atoms with Gasteiger partial charge in [0.05, 0.1) is 19.7 Å². The topological polar surface area (TPSA) is 185 Å². The van der Waals surface area contributed by atoms with Gasteiger partial charge in [0.25, 0.3) is 0 Å². The number of rotatable bonds is 11. The number of hydrogen-bond donors (Lipinski definition) is 7. The Morgan fingerprint density at radius 1 is 1.04 bits per heavy atom. The molecular weight excluding hydrogens is 338 g/mol. The number of aldehydes is 1. The van der Waals surface area contributed by atoms with Crippen LogP contribution in [0.15, 0.2) is 12.2 Å². The number of aliphatic hydroxyl groups is 4. The number of carbonyl (C=O) groups excluding carboxylic acids is 4. The normalized spacial score (nSPS) is 15.2. The number of amides is 3. The molecule has 0 rings (SSSR count). The van der Waals surface area contributed by atoms with Gasteiger partial charge in [0, 0.05) is 5.57 Å². The number of nitrogens with one attached hydrogen (secondary N) is 3. The molecule has 0 spiro atoms. The predicted octanol–water partition coefficient (Wildman–Crippen LogP) is -4.45. The maximum atomic E-state index is 11.6. The van der Waals surface area contributed by atoms with Crippen LogP contribution < -0.4 is 16.0 Å². The van der Waals surface area contributed by atoms with Gasteiger partial charge in [-0.3, -0.25) is 14.4 Å². The van der Waals surface area contributed by atoms with E-state index in [1.54, 1.807) is 0 Å². The molecule has 0 heterocycles. The summed E-state index contributed by atoms with van der Waals surface area (Å²) in [5.74, 6) is -2.06. The molecule has 4 atom stereocenters. The van der Waals surface area contributed by atoms with Crippen molar-refractivity contribution in [3.8, 4) is 0 Å². The minimum Gasteiger partial charge on any atom is -0.394 e. The molecule has 11 nitrogen and oxygen atoms in total. The molecule has 11 heteroatoms. The van der Waals surface area contributed by atoms with Crippen LogP contribution in [0.4, 0.5) is 0 Å². The van der Waals surface area contributed by atoms with Crippen molar-refractivity contribution in [2.45, 2.75) is 31.3 Å². The van der Waals surface area contributed by atoms with Crippen LogP contribution in [0.25, 0.3) is 0 Å². The van der Waals surface area contributed by atoms with Gasteiger partial charge in [-0.05, 0) is 6.92 Å². The van der Waals surface area contributed by atoms with Crippen LogP contribution in [0.2, 0.25) is 0 Å². The van der Waals surface area contributed by atoms with Gasteiger partial charge in [-0.15, -0.1) is 0 Å². The Morgan fingerprint density at radius 3 is 2.08 bits per heavy atom. The van der Waals surface area contributed by atoms with Gasteiger partial charge in [-0.2, -0.15) is 0 Å². The number of hydrogen-bond acceptors (Lipinski definition) is 8. The molecule has 0 radical (unpaired) electrons. The summed E-state index contributed by atoms with van der Waals surface area (Å²) in [4.78, 5) is 45.2. The molecule has 0 aliphatic rings. The zero-order chi connectivity index (χ0) is 19.6. The monoisotopic (exact) mass is 361 g/mol. The van der Waals surface area contributed by atoms with Crippen molar-refractivity contribution >= 4 is 24.0 Å². The second-order valence-electron chi connectivity index (χ2n) is 5.20. The maximum absolute atomic E-state index is 11.6. The zero-order valence-electron chi connectivity index (χ0n) is 13.6. The molecule has 0 bridgehead atoms. The summed E-state index contributed by atoms with van der Waals surface area (Å²) in [6, 6.07) is -1.57. The highest BCUT2D eigenvalue weighted by Gasteiger charge is 2.31. The lowest BCUT2D eigenvalue weighted by Crippen LogP contribution is -2.55. The van der Waals surface area contributed by atoms with Gasteiger partial charge in [0.15, 0.2) is 0 Å². The Kier molecular flexibility index (Phi) is 10.2. The first-order chi connectivity index (χ1) is 11.6. The summed E-state index contributed by atoms with van der Waals surface area (Å²) >= 11 is 0. The quantitative estimate of drug-likeness (QED) is 0.142. The van der Waals surface area contributed by atoms with Crippen molar-refractivity contribution in [1.29, 1.82) is 0 Å². The van der Waals surface area contributed by atoms with E-state index in [0.29, 0.717) is 0 Å². The summed E-state index contributed by atoms with van der Waals surface area (Å²) in [6.07, 6.45) is -5.31. The van der Waals surface area contributed by atoms with E-state index in [0.717, 1.165) is 0 Å². The average Bonchev–Trinajstić information content (AvgIpc) is 2.59. The standard InChI is InChI=1S/C14H23N3O8/c1-7(2)14(25)16-3-10(21)15-4-11(22)17-8(5-18)12(23)13(24)9(20)6-19/h5,8-9,12-13,19-20,23-24H,1,3-4,6H2,2H3,(H,15,21)(H,16,25)(H,17,22)/t8-,9-,12-,13-/m1/s1. The van der Waals surface area contributed by atoms with Crippen molar-refractivity contribution in [2.24, 2.45) is 0 Å². The van der Waals surface area contributed by atoms with Crippen LogP contribution in [-0.2, 0) is 19.2 Å². The van der Waals surface area contributed by atoms with E-state index in [-0.39, 0.29) is 18.4 Å². The summed E-state index contributed by atoms with van der Waals surface area (Å²) in [5, 5.41) is 43.5. The first-order valence-corrected chi connectivity index (χ1v) is 7.24. The molecular formula is C14H23N3O8. The lowest BCUT2D eigenvalue weighted by atomic mass is 10.0. The average molecular weight is 361 g/mol. The summed E-state index contributed by atoms with van der Waals surface area (Å²) in [5.41, 5.74) is 0.206. The van der Waals surface area contributed by atoms with E-state index in [9.17, 15) is 34.5 Å². The molecule has 0 aromatic rings. The molecule has 142 valence electrons. The number of carbonyl (C=O) groups is 4. The van der Waals surface area contributed by atoms with Crippen LogP contribution in [0.1, 0.15) is 6.92 Å². The molecule has 0 unspecified atom stereocenters. The van der Waals surface area contributed by atoms with Crippen LogP contribution in [0.3, 0.4) is 0 Å². The minimum atomic E-state index is -1.87. The summed E-state index contributed by atoms with van der Waals surface area (Å²) < 4.78 is 0. The Hall–Kier alpha value is -2.34. The third-order valence-corrected chi connectivity index (χ3v) is 3.02. The molecule has 0 aliphatic heterocycles. The van der Waals surface area contributed by atoms with Crippen molar-refractivity contribution < 1.29 is 39.6 Å². The van der Waals surface area contributed by atoms with Crippen LogP contribution in [0, 0.1) is 0 Å². The van der Waals surface area contributed by atoms with Gasteiger partial charge >= 0.3 is 0 Å².